The highest BCUT2D eigenvalue weighted by Gasteiger charge is 2.03. The van der Waals surface area contributed by atoms with Crippen molar-refractivity contribution in [3.05, 3.63) is 100 Å². The predicted molar refractivity (Wildman–Crippen MR) is 114 cm³/mol. The van der Waals surface area contributed by atoms with Crippen LogP contribution in [0.15, 0.2) is 83.3 Å². The van der Waals surface area contributed by atoms with Crippen molar-refractivity contribution < 1.29 is 4.74 Å². The minimum atomic E-state index is 0. The van der Waals surface area contributed by atoms with Gasteiger partial charge in [-0.15, -0.1) is 12.4 Å². The van der Waals surface area contributed by atoms with Crippen molar-refractivity contribution in [3.8, 4) is 5.75 Å². The molecule has 0 saturated carbocycles. The Morgan fingerprint density at radius 1 is 0.769 bits per heavy atom. The molecule has 0 fully saturated rings. The molecule has 0 bridgehead atoms. The van der Waals surface area contributed by atoms with E-state index >= 15 is 0 Å². The molecule has 3 aromatic rings. The Morgan fingerprint density at radius 2 is 1.42 bits per heavy atom. The minimum absolute atomic E-state index is 0. The van der Waals surface area contributed by atoms with Crippen molar-refractivity contribution >= 4 is 28.3 Å². The first kappa shape index (κ1) is 20.5. The van der Waals surface area contributed by atoms with Crippen LogP contribution in [-0.4, -0.2) is 6.54 Å². The van der Waals surface area contributed by atoms with Crippen LogP contribution in [0.4, 0.5) is 0 Å². The van der Waals surface area contributed by atoms with Crippen LogP contribution < -0.4 is 10.1 Å². The van der Waals surface area contributed by atoms with E-state index in [1.807, 2.05) is 24.3 Å². The van der Waals surface area contributed by atoms with Gasteiger partial charge in [0.1, 0.15) is 12.4 Å². The van der Waals surface area contributed by atoms with Gasteiger partial charge in [0.2, 0.25) is 0 Å². The van der Waals surface area contributed by atoms with Crippen LogP contribution in [0.3, 0.4) is 0 Å². The van der Waals surface area contributed by atoms with Crippen molar-refractivity contribution in [2.75, 3.05) is 6.54 Å². The van der Waals surface area contributed by atoms with E-state index in [4.69, 9.17) is 4.74 Å². The Morgan fingerprint density at radius 3 is 2.08 bits per heavy atom. The van der Waals surface area contributed by atoms with Gasteiger partial charge in [0, 0.05) is 6.54 Å². The maximum Gasteiger partial charge on any atom is 0.134 e. The molecule has 0 aromatic heterocycles. The largest absolute Gasteiger partial charge is 0.488 e. The van der Waals surface area contributed by atoms with Crippen LogP contribution >= 0.6 is 28.3 Å². The molecule has 26 heavy (non-hydrogen) atoms. The molecule has 0 aliphatic rings. The number of hydrogen-bond acceptors (Lipinski definition) is 2. The first-order chi connectivity index (χ1) is 12.3. The number of rotatable bonds is 8. The summed E-state index contributed by atoms with van der Waals surface area (Å²) in [5.74, 6) is 0.872. The van der Waals surface area contributed by atoms with Crippen LogP contribution in [0.2, 0.25) is 0 Å². The van der Waals surface area contributed by atoms with E-state index in [1.54, 1.807) is 0 Å². The summed E-state index contributed by atoms with van der Waals surface area (Å²) in [6.45, 7) is 2.40. The zero-order chi connectivity index (χ0) is 17.3. The molecule has 0 radical (unpaired) electrons. The molecule has 0 aliphatic carbocycles. The molecule has 0 heterocycles. The van der Waals surface area contributed by atoms with E-state index in [9.17, 15) is 0 Å². The summed E-state index contributed by atoms with van der Waals surface area (Å²) >= 11 is 3.61. The fraction of sp³-hybridized carbons (Fsp3) is 0.182. The molecule has 0 spiro atoms. The molecule has 0 aliphatic heterocycles. The van der Waals surface area contributed by atoms with Crippen molar-refractivity contribution in [2.45, 2.75) is 19.6 Å². The minimum Gasteiger partial charge on any atom is -0.488 e. The average molecular weight is 433 g/mol. The SMILES string of the molecule is Brc1cc(CNCCc2ccccc2)ccc1OCc1ccccc1.Cl. The van der Waals surface area contributed by atoms with Crippen molar-refractivity contribution in [1.29, 1.82) is 0 Å². The van der Waals surface area contributed by atoms with Crippen molar-refractivity contribution in [3.63, 3.8) is 0 Å². The summed E-state index contributed by atoms with van der Waals surface area (Å²) in [6, 6.07) is 27.0. The van der Waals surface area contributed by atoms with Crippen LogP contribution in [0, 0.1) is 0 Å². The number of ether oxygens (including phenoxy) is 1. The van der Waals surface area contributed by atoms with Crippen LogP contribution in [-0.2, 0) is 19.6 Å². The number of halogens is 2. The summed E-state index contributed by atoms with van der Waals surface area (Å²) in [5, 5.41) is 3.49. The average Bonchev–Trinajstić information content (AvgIpc) is 2.66. The van der Waals surface area contributed by atoms with Gasteiger partial charge in [0.15, 0.2) is 0 Å². The van der Waals surface area contributed by atoms with E-state index in [0.29, 0.717) is 6.61 Å². The van der Waals surface area contributed by atoms with Gasteiger partial charge in [0.05, 0.1) is 4.47 Å². The third-order valence-corrected chi connectivity index (χ3v) is 4.62. The van der Waals surface area contributed by atoms with Gasteiger partial charge >= 0.3 is 0 Å². The lowest BCUT2D eigenvalue weighted by atomic mass is 10.1. The normalized spacial score (nSPS) is 10.2. The molecule has 4 heteroatoms. The molecule has 0 saturated heterocycles. The van der Waals surface area contributed by atoms with E-state index < -0.39 is 0 Å². The number of benzene rings is 3. The second kappa shape index (κ2) is 11.0. The molecular weight excluding hydrogens is 410 g/mol. The third-order valence-electron chi connectivity index (χ3n) is 4.00. The van der Waals surface area contributed by atoms with Crippen LogP contribution in [0.5, 0.6) is 5.75 Å². The fourth-order valence-corrected chi connectivity index (χ4v) is 3.16. The molecule has 0 atom stereocenters. The lowest BCUT2D eigenvalue weighted by Crippen LogP contribution is -2.16. The van der Waals surface area contributed by atoms with E-state index in [1.165, 1.54) is 16.7 Å². The maximum absolute atomic E-state index is 5.89. The van der Waals surface area contributed by atoms with Gasteiger partial charge in [-0.2, -0.15) is 0 Å². The summed E-state index contributed by atoms with van der Waals surface area (Å²) in [7, 11) is 0. The molecule has 1 N–H and O–H groups in total. The monoisotopic (exact) mass is 431 g/mol. The van der Waals surface area contributed by atoms with Crippen LogP contribution in [0.25, 0.3) is 0 Å². The highest BCUT2D eigenvalue weighted by molar-refractivity contribution is 9.10. The Hall–Kier alpha value is -1.81. The van der Waals surface area contributed by atoms with Gasteiger partial charge in [-0.25, -0.2) is 0 Å². The standard InChI is InChI=1S/C22H22BrNO.ClH/c23-21-15-20(16-24-14-13-18-7-3-1-4-8-18)11-12-22(21)25-17-19-9-5-2-6-10-19;/h1-12,15,24H,13-14,16-17H2;1H. The highest BCUT2D eigenvalue weighted by atomic mass is 79.9. The topological polar surface area (TPSA) is 21.3 Å². The Balaban J connectivity index is 0.00000243. The molecule has 136 valence electrons. The molecular formula is C22H23BrClNO. The molecule has 2 nitrogen and oxygen atoms in total. The van der Waals surface area contributed by atoms with Gasteiger partial charge in [-0.05, 0) is 57.7 Å². The first-order valence-electron chi connectivity index (χ1n) is 8.51. The predicted octanol–water partition coefficient (Wildman–Crippen LogP) is 5.78. The Bertz CT molecular complexity index is 781. The van der Waals surface area contributed by atoms with E-state index in [0.717, 1.165) is 29.7 Å². The Kier molecular flexibility index (Phi) is 8.69. The summed E-state index contributed by atoms with van der Waals surface area (Å²) in [4.78, 5) is 0. The van der Waals surface area contributed by atoms with Gasteiger partial charge in [-0.3, -0.25) is 0 Å². The smallest absolute Gasteiger partial charge is 0.134 e. The van der Waals surface area contributed by atoms with Crippen molar-refractivity contribution in [1.82, 2.24) is 5.32 Å². The maximum atomic E-state index is 5.89. The Labute approximate surface area is 170 Å². The second-order valence-electron chi connectivity index (χ2n) is 5.95. The number of nitrogens with one attached hydrogen (secondary N) is 1. The number of hydrogen-bond donors (Lipinski definition) is 1. The molecule has 3 rings (SSSR count). The van der Waals surface area contributed by atoms with Gasteiger partial charge < -0.3 is 10.1 Å². The van der Waals surface area contributed by atoms with Gasteiger partial charge in [0.25, 0.3) is 0 Å². The molecule has 3 aromatic carbocycles. The summed E-state index contributed by atoms with van der Waals surface area (Å²) in [6.07, 6.45) is 1.04. The zero-order valence-electron chi connectivity index (χ0n) is 14.5. The third kappa shape index (κ3) is 6.49. The highest BCUT2D eigenvalue weighted by Crippen LogP contribution is 2.26. The fourth-order valence-electron chi connectivity index (χ4n) is 2.62. The molecule has 0 amide bonds. The van der Waals surface area contributed by atoms with Crippen molar-refractivity contribution in [2.24, 2.45) is 0 Å². The van der Waals surface area contributed by atoms with Crippen LogP contribution in [0.1, 0.15) is 16.7 Å². The first-order valence-corrected chi connectivity index (χ1v) is 9.30. The molecule has 0 unspecified atom stereocenters. The zero-order valence-corrected chi connectivity index (χ0v) is 16.9. The lowest BCUT2D eigenvalue weighted by Gasteiger charge is -2.11. The van der Waals surface area contributed by atoms with Gasteiger partial charge in [-0.1, -0.05) is 66.7 Å². The summed E-state index contributed by atoms with van der Waals surface area (Å²) < 4.78 is 6.89. The quantitative estimate of drug-likeness (QED) is 0.455. The lowest BCUT2D eigenvalue weighted by molar-refractivity contribution is 0.304. The summed E-state index contributed by atoms with van der Waals surface area (Å²) in [5.41, 5.74) is 3.77. The second-order valence-corrected chi connectivity index (χ2v) is 6.81. The van der Waals surface area contributed by atoms with E-state index in [2.05, 4.69) is 75.8 Å². The van der Waals surface area contributed by atoms with E-state index in [-0.39, 0.29) is 12.4 Å².